The van der Waals surface area contributed by atoms with Crippen LogP contribution in [0, 0.1) is 0 Å². The van der Waals surface area contributed by atoms with Crippen molar-refractivity contribution in [2.75, 3.05) is 19.6 Å². The molecule has 0 aromatic rings. The number of nitrogens with one attached hydrogen (secondary N) is 3. The minimum absolute atomic E-state index is 0.166. The molecular weight excluding hydrogens is 346 g/mol. The van der Waals surface area contributed by atoms with E-state index in [1.54, 1.807) is 52.0 Å². The van der Waals surface area contributed by atoms with Crippen molar-refractivity contribution in [2.45, 2.75) is 44.5 Å². The molecule has 0 bridgehead atoms. The van der Waals surface area contributed by atoms with E-state index in [1.165, 1.54) is 0 Å². The number of hydrogen-bond donors (Lipinski definition) is 3. The van der Waals surface area contributed by atoms with E-state index >= 15 is 0 Å². The first-order valence-electron chi connectivity index (χ1n) is 8.02. The monoisotopic (exact) mass is 373 g/mol. The Morgan fingerprint density at radius 1 is 1.16 bits per heavy atom. The van der Waals surface area contributed by atoms with Gasteiger partial charge in [0.2, 0.25) is 15.9 Å². The lowest BCUT2D eigenvalue weighted by Gasteiger charge is -2.26. The summed E-state index contributed by atoms with van der Waals surface area (Å²) >= 11 is 0. The van der Waals surface area contributed by atoms with Gasteiger partial charge in [-0.25, -0.2) is 17.9 Å². The van der Waals surface area contributed by atoms with Crippen LogP contribution in [0.5, 0.6) is 0 Å². The first-order chi connectivity index (χ1) is 11.5. The molecule has 0 saturated heterocycles. The molecule has 1 unspecified atom stereocenters. The number of allylic oxidation sites excluding steroid dienone is 3. The zero-order valence-corrected chi connectivity index (χ0v) is 15.9. The number of sulfonamides is 1. The fourth-order valence-electron chi connectivity index (χ4n) is 1.98. The lowest BCUT2D eigenvalue weighted by molar-refractivity contribution is -0.119. The molecule has 142 valence electrons. The summed E-state index contributed by atoms with van der Waals surface area (Å²) in [6.45, 7) is 6.83. The molecule has 0 spiro atoms. The second-order valence-corrected chi connectivity index (χ2v) is 9.14. The van der Waals surface area contributed by atoms with E-state index in [1.807, 2.05) is 0 Å². The lowest BCUT2D eigenvalue weighted by Crippen LogP contribution is -2.47. The molecule has 25 heavy (non-hydrogen) atoms. The molecule has 1 aliphatic rings. The van der Waals surface area contributed by atoms with Gasteiger partial charge in [0.05, 0.1) is 6.54 Å². The smallest absolute Gasteiger partial charge is 0.407 e. The third-order valence-corrected chi connectivity index (χ3v) is 5.43. The molecule has 0 radical (unpaired) electrons. The summed E-state index contributed by atoms with van der Waals surface area (Å²) in [6, 6.07) is 0. The topological polar surface area (TPSA) is 114 Å². The fourth-order valence-corrected chi connectivity index (χ4v) is 3.20. The van der Waals surface area contributed by atoms with Crippen molar-refractivity contribution >= 4 is 22.0 Å². The Kier molecular flexibility index (Phi) is 7.18. The van der Waals surface area contributed by atoms with E-state index in [4.69, 9.17) is 4.74 Å². The number of carbonyl (C=O) groups is 2. The maximum absolute atomic E-state index is 12.3. The zero-order chi connectivity index (χ0) is 19.1. The molecule has 0 aromatic carbocycles. The number of rotatable bonds is 7. The van der Waals surface area contributed by atoms with Crippen LogP contribution in [-0.2, 0) is 19.6 Å². The van der Waals surface area contributed by atoms with Crippen LogP contribution in [0.15, 0.2) is 24.3 Å². The minimum Gasteiger partial charge on any atom is -0.444 e. The van der Waals surface area contributed by atoms with Gasteiger partial charge in [-0.1, -0.05) is 24.3 Å². The van der Waals surface area contributed by atoms with Crippen molar-refractivity contribution in [1.82, 2.24) is 15.4 Å². The Hall–Kier alpha value is -1.87. The van der Waals surface area contributed by atoms with E-state index in [9.17, 15) is 18.0 Å². The molecule has 0 aromatic heterocycles. The highest BCUT2D eigenvalue weighted by Crippen LogP contribution is 2.25. The summed E-state index contributed by atoms with van der Waals surface area (Å²) in [6.07, 6.45) is 6.58. The average Bonchev–Trinajstić information content (AvgIpc) is 2.48. The zero-order valence-electron chi connectivity index (χ0n) is 15.1. The lowest BCUT2D eigenvalue weighted by atomic mass is 10.0. The van der Waals surface area contributed by atoms with Gasteiger partial charge in [-0.2, -0.15) is 0 Å². The molecule has 1 atom stereocenters. The number of alkyl carbamates (subject to hydrolysis) is 1. The maximum Gasteiger partial charge on any atom is 0.407 e. The first-order valence-corrected chi connectivity index (χ1v) is 9.51. The molecule has 0 aliphatic heterocycles. The maximum atomic E-state index is 12.3. The summed E-state index contributed by atoms with van der Waals surface area (Å²) in [5.74, 6) is -0.478. The molecule has 2 amide bonds. The normalized spacial score (nSPS) is 20.2. The van der Waals surface area contributed by atoms with E-state index in [0.717, 1.165) is 0 Å². The minimum atomic E-state index is -3.68. The van der Waals surface area contributed by atoms with Crippen LogP contribution in [0.4, 0.5) is 4.79 Å². The van der Waals surface area contributed by atoms with Crippen molar-refractivity contribution < 1.29 is 22.7 Å². The quantitative estimate of drug-likeness (QED) is 0.572. The van der Waals surface area contributed by atoms with Crippen molar-refractivity contribution in [3.8, 4) is 0 Å². The van der Waals surface area contributed by atoms with Gasteiger partial charge in [-0.05, 0) is 34.1 Å². The largest absolute Gasteiger partial charge is 0.444 e. The number of ether oxygens (including phenoxy) is 1. The molecular formula is C16H27N3O5S. The van der Waals surface area contributed by atoms with Gasteiger partial charge in [0, 0.05) is 13.1 Å². The van der Waals surface area contributed by atoms with Crippen LogP contribution in [0.3, 0.4) is 0 Å². The van der Waals surface area contributed by atoms with Crippen LogP contribution in [0.1, 0.15) is 34.1 Å². The predicted octanol–water partition coefficient (Wildman–Crippen LogP) is 0.822. The predicted molar refractivity (Wildman–Crippen MR) is 95.5 cm³/mol. The Morgan fingerprint density at radius 2 is 1.80 bits per heavy atom. The van der Waals surface area contributed by atoms with Crippen molar-refractivity contribution in [3.63, 3.8) is 0 Å². The van der Waals surface area contributed by atoms with Crippen LogP contribution in [0.2, 0.25) is 0 Å². The average molecular weight is 373 g/mol. The fraction of sp³-hybridized carbons (Fsp3) is 0.625. The molecule has 0 fully saturated rings. The Labute approximate surface area is 149 Å². The van der Waals surface area contributed by atoms with Gasteiger partial charge in [0.15, 0.2) is 0 Å². The highest BCUT2D eigenvalue weighted by molar-refractivity contribution is 7.91. The SMILES string of the molecule is CC(C)(C)OC(=O)NCCNC(=O)CNS(=O)(=O)C1(C)C=CC=CC1. The third-order valence-electron chi connectivity index (χ3n) is 3.37. The summed E-state index contributed by atoms with van der Waals surface area (Å²) in [5, 5.41) is 5.01. The summed E-state index contributed by atoms with van der Waals surface area (Å²) in [5.41, 5.74) is -0.593. The molecule has 0 saturated carbocycles. The van der Waals surface area contributed by atoms with Gasteiger partial charge in [-0.3, -0.25) is 4.79 Å². The Balaban J connectivity index is 2.30. The number of hydrogen-bond acceptors (Lipinski definition) is 5. The van der Waals surface area contributed by atoms with Crippen molar-refractivity contribution in [2.24, 2.45) is 0 Å². The molecule has 0 heterocycles. The molecule has 1 aliphatic carbocycles. The van der Waals surface area contributed by atoms with E-state index in [2.05, 4.69) is 15.4 Å². The number of amides is 2. The second-order valence-electron chi connectivity index (χ2n) is 6.91. The van der Waals surface area contributed by atoms with Crippen LogP contribution >= 0.6 is 0 Å². The third kappa shape index (κ3) is 7.27. The van der Waals surface area contributed by atoms with E-state index in [0.29, 0.717) is 6.42 Å². The Bertz CT molecular complexity index is 649. The highest BCUT2D eigenvalue weighted by atomic mass is 32.2. The van der Waals surface area contributed by atoms with E-state index in [-0.39, 0.29) is 19.6 Å². The summed E-state index contributed by atoms with van der Waals surface area (Å²) < 4.78 is 30.9. The highest BCUT2D eigenvalue weighted by Gasteiger charge is 2.36. The van der Waals surface area contributed by atoms with Gasteiger partial charge in [-0.15, -0.1) is 0 Å². The van der Waals surface area contributed by atoms with Gasteiger partial charge in [0.25, 0.3) is 0 Å². The van der Waals surface area contributed by atoms with Crippen LogP contribution in [-0.4, -0.2) is 50.4 Å². The van der Waals surface area contributed by atoms with Crippen molar-refractivity contribution in [3.05, 3.63) is 24.3 Å². The Morgan fingerprint density at radius 3 is 2.36 bits per heavy atom. The first kappa shape index (κ1) is 21.2. The van der Waals surface area contributed by atoms with Crippen LogP contribution in [0.25, 0.3) is 0 Å². The summed E-state index contributed by atoms with van der Waals surface area (Å²) in [7, 11) is -3.68. The summed E-state index contributed by atoms with van der Waals surface area (Å²) in [4.78, 5) is 23.2. The van der Waals surface area contributed by atoms with Gasteiger partial charge in [0.1, 0.15) is 10.3 Å². The second kappa shape index (κ2) is 8.48. The molecule has 3 N–H and O–H groups in total. The van der Waals surface area contributed by atoms with Crippen molar-refractivity contribution in [1.29, 1.82) is 0 Å². The molecule has 8 nitrogen and oxygen atoms in total. The van der Waals surface area contributed by atoms with Crippen LogP contribution < -0.4 is 15.4 Å². The van der Waals surface area contributed by atoms with Gasteiger partial charge >= 0.3 is 6.09 Å². The molecule has 9 heteroatoms. The number of carbonyl (C=O) groups excluding carboxylic acids is 2. The van der Waals surface area contributed by atoms with E-state index < -0.39 is 32.4 Å². The molecule has 1 rings (SSSR count). The van der Waals surface area contributed by atoms with Gasteiger partial charge < -0.3 is 15.4 Å². The standard InChI is InChI=1S/C16H27N3O5S/c1-15(2,3)24-14(21)18-11-10-17-13(20)12-19-25(22,23)16(4)8-6-5-7-9-16/h5-8,19H,9-12H2,1-4H3,(H,17,20)(H,18,21).